The number of rotatable bonds is 5. The molecule has 0 atom stereocenters. The van der Waals surface area contributed by atoms with E-state index >= 15 is 0 Å². The number of aryl methyl sites for hydroxylation is 1. The number of aromatic nitrogens is 5. The van der Waals surface area contributed by atoms with Gasteiger partial charge in [-0.25, -0.2) is 4.68 Å². The molecule has 166 valence electrons. The van der Waals surface area contributed by atoms with E-state index in [4.69, 9.17) is 11.6 Å². The minimum atomic E-state index is -5.79. The molecule has 0 bridgehead atoms. The van der Waals surface area contributed by atoms with Gasteiger partial charge in [-0.3, -0.25) is 9.48 Å². The molecular weight excluding hydrogens is 467 g/mol. The summed E-state index contributed by atoms with van der Waals surface area (Å²) < 4.78 is 68.1. The van der Waals surface area contributed by atoms with Gasteiger partial charge in [-0.15, -0.1) is 16.4 Å². The molecule has 1 saturated carbocycles. The van der Waals surface area contributed by atoms with Crippen molar-refractivity contribution >= 4 is 28.8 Å². The summed E-state index contributed by atoms with van der Waals surface area (Å²) in [6.45, 7) is 1.10. The Morgan fingerprint density at radius 1 is 1.29 bits per heavy atom. The quantitative estimate of drug-likeness (QED) is 0.554. The second kappa shape index (κ2) is 7.26. The lowest BCUT2D eigenvalue weighted by Gasteiger charge is -2.17. The smallest absolute Gasteiger partial charge is 0.349 e. The third kappa shape index (κ3) is 3.80. The van der Waals surface area contributed by atoms with Crippen molar-refractivity contribution in [1.82, 2.24) is 30.1 Å². The van der Waals surface area contributed by atoms with Gasteiger partial charge >= 0.3 is 12.1 Å². The van der Waals surface area contributed by atoms with Crippen molar-refractivity contribution in [3.8, 4) is 16.4 Å². The summed E-state index contributed by atoms with van der Waals surface area (Å²) in [4.78, 5) is 12.7. The Bertz CT molecular complexity index is 1160. The SMILES string of the molecule is Cc1c(C(F)(F)C(F)(F)F)nn(C)c1-n1cc(-c2cc(C(=O)NC3CC3)c(Cl)s2)nn1. The maximum absolute atomic E-state index is 13.8. The number of carbonyl (C=O) groups is 1. The minimum absolute atomic E-state index is 0.105. The van der Waals surface area contributed by atoms with E-state index in [1.54, 1.807) is 0 Å². The van der Waals surface area contributed by atoms with Crippen LogP contribution in [0.2, 0.25) is 4.34 Å². The van der Waals surface area contributed by atoms with Crippen LogP contribution in [-0.2, 0) is 13.0 Å². The molecule has 7 nitrogen and oxygen atoms in total. The molecule has 3 heterocycles. The lowest BCUT2D eigenvalue weighted by atomic mass is 10.1. The molecule has 3 aromatic heterocycles. The number of carbonyl (C=O) groups excluding carboxylic acids is 1. The van der Waals surface area contributed by atoms with Gasteiger partial charge in [0.2, 0.25) is 0 Å². The summed E-state index contributed by atoms with van der Waals surface area (Å²) in [6.07, 6.45) is -2.63. The summed E-state index contributed by atoms with van der Waals surface area (Å²) in [5.41, 5.74) is -1.27. The van der Waals surface area contributed by atoms with Crippen LogP contribution in [0.1, 0.15) is 34.5 Å². The van der Waals surface area contributed by atoms with E-state index in [2.05, 4.69) is 20.7 Å². The zero-order valence-corrected chi connectivity index (χ0v) is 17.5. The Labute approximate surface area is 180 Å². The number of thiophene rings is 1. The predicted molar refractivity (Wildman–Crippen MR) is 102 cm³/mol. The molecule has 0 spiro atoms. The first-order valence-corrected chi connectivity index (χ1v) is 10.1. The highest BCUT2D eigenvalue weighted by atomic mass is 35.5. The highest BCUT2D eigenvalue weighted by molar-refractivity contribution is 7.19. The molecule has 3 aromatic rings. The molecule has 0 saturated heterocycles. The van der Waals surface area contributed by atoms with Gasteiger partial charge in [0.1, 0.15) is 15.7 Å². The third-order valence-electron chi connectivity index (χ3n) is 4.71. The number of amides is 1. The molecule has 1 amide bonds. The summed E-state index contributed by atoms with van der Waals surface area (Å²) >= 11 is 7.23. The number of halogens is 6. The van der Waals surface area contributed by atoms with Crippen molar-refractivity contribution in [2.75, 3.05) is 0 Å². The van der Waals surface area contributed by atoms with E-state index in [1.165, 1.54) is 19.3 Å². The summed E-state index contributed by atoms with van der Waals surface area (Å²) in [6, 6.07) is 1.67. The average Bonchev–Trinajstić information content (AvgIpc) is 3.07. The molecule has 0 aromatic carbocycles. The van der Waals surface area contributed by atoms with Crippen LogP contribution >= 0.6 is 22.9 Å². The topological polar surface area (TPSA) is 77.6 Å². The lowest BCUT2D eigenvalue weighted by Crippen LogP contribution is -2.34. The predicted octanol–water partition coefficient (Wildman–Crippen LogP) is 4.24. The summed E-state index contributed by atoms with van der Waals surface area (Å²) in [7, 11) is 1.22. The van der Waals surface area contributed by atoms with Crippen LogP contribution < -0.4 is 5.32 Å². The van der Waals surface area contributed by atoms with Crippen molar-refractivity contribution in [2.24, 2.45) is 7.05 Å². The Kier molecular flexibility index (Phi) is 5.08. The Balaban J connectivity index is 1.67. The Morgan fingerprint density at radius 2 is 1.97 bits per heavy atom. The number of nitrogens with one attached hydrogen (secondary N) is 1. The van der Waals surface area contributed by atoms with Crippen molar-refractivity contribution in [3.63, 3.8) is 0 Å². The van der Waals surface area contributed by atoms with E-state index in [0.29, 0.717) is 4.88 Å². The molecule has 1 N–H and O–H groups in total. The van der Waals surface area contributed by atoms with Crippen LogP contribution in [0.5, 0.6) is 0 Å². The van der Waals surface area contributed by atoms with Crippen molar-refractivity contribution in [2.45, 2.75) is 37.9 Å². The zero-order valence-electron chi connectivity index (χ0n) is 16.0. The second-order valence-electron chi connectivity index (χ2n) is 7.09. The lowest BCUT2D eigenvalue weighted by molar-refractivity contribution is -0.291. The van der Waals surface area contributed by atoms with Crippen LogP contribution in [0.3, 0.4) is 0 Å². The average molecular weight is 481 g/mol. The van der Waals surface area contributed by atoms with Gasteiger partial charge in [0.25, 0.3) is 5.91 Å². The molecule has 1 aliphatic rings. The summed E-state index contributed by atoms with van der Waals surface area (Å²) in [5.74, 6) is -5.54. The fourth-order valence-corrected chi connectivity index (χ4v) is 4.21. The first-order chi connectivity index (χ1) is 14.4. The molecule has 0 unspecified atom stereocenters. The second-order valence-corrected chi connectivity index (χ2v) is 8.74. The molecule has 31 heavy (non-hydrogen) atoms. The zero-order chi connectivity index (χ0) is 22.7. The van der Waals surface area contributed by atoms with Crippen LogP contribution in [-0.4, -0.2) is 42.9 Å². The maximum atomic E-state index is 13.8. The minimum Gasteiger partial charge on any atom is -0.349 e. The van der Waals surface area contributed by atoms with E-state index < -0.39 is 23.4 Å². The maximum Gasteiger partial charge on any atom is 0.459 e. The first kappa shape index (κ1) is 21.7. The van der Waals surface area contributed by atoms with E-state index in [-0.39, 0.29) is 33.4 Å². The van der Waals surface area contributed by atoms with Crippen molar-refractivity contribution in [3.05, 3.63) is 33.4 Å². The highest BCUT2D eigenvalue weighted by Gasteiger charge is 2.61. The number of hydrogen-bond donors (Lipinski definition) is 1. The van der Waals surface area contributed by atoms with Gasteiger partial charge < -0.3 is 5.32 Å². The first-order valence-electron chi connectivity index (χ1n) is 8.92. The molecule has 1 aliphatic carbocycles. The largest absolute Gasteiger partial charge is 0.459 e. The third-order valence-corrected chi connectivity index (χ3v) is 6.09. The fourth-order valence-electron chi connectivity index (χ4n) is 2.99. The van der Waals surface area contributed by atoms with Crippen LogP contribution in [0, 0.1) is 6.92 Å². The van der Waals surface area contributed by atoms with E-state index in [9.17, 15) is 26.7 Å². The molecular formula is C17H14ClF5N6OS. The van der Waals surface area contributed by atoms with Crippen molar-refractivity contribution < 1.29 is 26.7 Å². The normalized spacial score (nSPS) is 14.8. The van der Waals surface area contributed by atoms with Gasteiger partial charge in [-0.05, 0) is 25.8 Å². The fraction of sp³-hybridized carbons (Fsp3) is 0.412. The Morgan fingerprint density at radius 3 is 2.58 bits per heavy atom. The van der Waals surface area contributed by atoms with Gasteiger partial charge in [-0.2, -0.15) is 27.1 Å². The van der Waals surface area contributed by atoms with Gasteiger partial charge in [0.15, 0.2) is 5.82 Å². The molecule has 1 fully saturated rings. The molecule has 0 aliphatic heterocycles. The monoisotopic (exact) mass is 480 g/mol. The van der Waals surface area contributed by atoms with Crippen molar-refractivity contribution in [1.29, 1.82) is 0 Å². The summed E-state index contributed by atoms with van der Waals surface area (Å²) in [5, 5.41) is 13.9. The van der Waals surface area contributed by atoms with Gasteiger partial charge in [0.05, 0.1) is 16.6 Å². The van der Waals surface area contributed by atoms with E-state index in [1.807, 2.05) is 0 Å². The molecule has 4 rings (SSSR count). The Hall–Kier alpha value is -2.54. The molecule has 14 heteroatoms. The number of hydrogen-bond acceptors (Lipinski definition) is 5. The number of nitrogens with zero attached hydrogens (tertiary/aromatic N) is 5. The van der Waals surface area contributed by atoms with E-state index in [0.717, 1.165) is 40.5 Å². The molecule has 0 radical (unpaired) electrons. The van der Waals surface area contributed by atoms with Crippen LogP contribution in [0.15, 0.2) is 12.3 Å². The van der Waals surface area contributed by atoms with Crippen LogP contribution in [0.4, 0.5) is 22.0 Å². The van der Waals surface area contributed by atoms with Gasteiger partial charge in [-0.1, -0.05) is 16.8 Å². The number of alkyl halides is 5. The standard InChI is InChI=1S/C17H14ClF5N6OS/c1-7-12(16(19,20)17(21,22)23)26-28(2)15(7)29-6-10(25-27-29)11-5-9(13(18)31-11)14(30)24-8-3-4-8/h5-6,8H,3-4H2,1-2H3,(H,24,30). The van der Waals surface area contributed by atoms with Crippen LogP contribution in [0.25, 0.3) is 16.4 Å². The highest BCUT2D eigenvalue weighted by Crippen LogP contribution is 2.45. The van der Waals surface area contributed by atoms with Gasteiger partial charge in [0, 0.05) is 18.7 Å².